The summed E-state index contributed by atoms with van der Waals surface area (Å²) in [4.78, 5) is 0. The summed E-state index contributed by atoms with van der Waals surface area (Å²) in [7, 11) is 0. The lowest BCUT2D eigenvalue weighted by Gasteiger charge is -2.16. The summed E-state index contributed by atoms with van der Waals surface area (Å²) in [5.74, 6) is 1.59. The van der Waals surface area contributed by atoms with Gasteiger partial charge in [0.2, 0.25) is 0 Å². The highest BCUT2D eigenvalue weighted by molar-refractivity contribution is 9.10. The van der Waals surface area contributed by atoms with Crippen molar-refractivity contribution < 1.29 is 4.74 Å². The number of hydrogen-bond acceptors (Lipinski definition) is 2. The summed E-state index contributed by atoms with van der Waals surface area (Å²) in [5.41, 5.74) is 4.48. The Morgan fingerprint density at radius 2 is 1.35 bits per heavy atom. The summed E-state index contributed by atoms with van der Waals surface area (Å²) in [6.07, 6.45) is 9.21. The van der Waals surface area contributed by atoms with Crippen molar-refractivity contribution in [2.75, 3.05) is 11.9 Å². The molecule has 0 saturated heterocycles. The van der Waals surface area contributed by atoms with Crippen molar-refractivity contribution in [2.24, 2.45) is 5.92 Å². The molecular weight excluding hydrogens is 446 g/mol. The van der Waals surface area contributed by atoms with E-state index in [0.717, 1.165) is 28.2 Å². The number of benzene rings is 3. The molecule has 1 atom stereocenters. The van der Waals surface area contributed by atoms with E-state index in [1.807, 2.05) is 12.1 Å². The van der Waals surface area contributed by atoms with Crippen LogP contribution in [0.15, 0.2) is 77.3 Å². The maximum Gasteiger partial charge on any atom is 0.119 e. The Balaban J connectivity index is 1.51. The molecule has 0 radical (unpaired) electrons. The van der Waals surface area contributed by atoms with Gasteiger partial charge in [0.1, 0.15) is 5.75 Å². The molecule has 3 heteroatoms. The standard InChI is InChI=1S/C28H32BrNO/c1-3-5-6-22(4-2)21-31-28-19-17-27(18-20-28)30-26-15-11-24(12-16-26)8-7-23-9-13-25(29)14-10-23/h7-20,22,30H,3-6,21H2,1-2H3/b8-7+. The maximum absolute atomic E-state index is 6.01. The SMILES string of the molecule is CCCCC(CC)COc1ccc(Nc2ccc(/C=C/c3ccc(Br)cc3)cc2)cc1. The Morgan fingerprint density at radius 1 is 0.806 bits per heavy atom. The quantitative estimate of drug-likeness (QED) is 0.278. The third-order valence-corrected chi connectivity index (χ3v) is 5.95. The van der Waals surface area contributed by atoms with E-state index in [9.17, 15) is 0 Å². The van der Waals surface area contributed by atoms with Crippen molar-refractivity contribution in [3.8, 4) is 5.75 Å². The fourth-order valence-electron chi connectivity index (χ4n) is 3.36. The molecular formula is C28H32BrNO. The van der Waals surface area contributed by atoms with Crippen molar-refractivity contribution in [3.05, 3.63) is 88.4 Å². The highest BCUT2D eigenvalue weighted by Gasteiger charge is 2.07. The van der Waals surface area contributed by atoms with Gasteiger partial charge in [0.05, 0.1) is 6.61 Å². The lowest BCUT2D eigenvalue weighted by Crippen LogP contribution is -2.11. The zero-order chi connectivity index (χ0) is 21.9. The van der Waals surface area contributed by atoms with Crippen LogP contribution >= 0.6 is 15.9 Å². The predicted octanol–water partition coefficient (Wildman–Crippen LogP) is 8.96. The highest BCUT2D eigenvalue weighted by atomic mass is 79.9. The summed E-state index contributed by atoms with van der Waals surface area (Å²) < 4.78 is 7.10. The van der Waals surface area contributed by atoms with E-state index >= 15 is 0 Å². The van der Waals surface area contributed by atoms with Crippen LogP contribution in [-0.4, -0.2) is 6.61 Å². The summed E-state index contributed by atoms with van der Waals surface area (Å²) >= 11 is 3.47. The number of ether oxygens (including phenoxy) is 1. The van der Waals surface area contributed by atoms with Crippen LogP contribution in [0.1, 0.15) is 50.7 Å². The monoisotopic (exact) mass is 477 g/mol. The molecule has 3 rings (SSSR count). The van der Waals surface area contributed by atoms with Gasteiger partial charge in [-0.05, 0) is 72.0 Å². The van der Waals surface area contributed by atoms with E-state index in [0.29, 0.717) is 5.92 Å². The Labute approximate surface area is 195 Å². The van der Waals surface area contributed by atoms with E-state index in [2.05, 4.69) is 108 Å². The van der Waals surface area contributed by atoms with Crippen molar-refractivity contribution in [2.45, 2.75) is 39.5 Å². The van der Waals surface area contributed by atoms with E-state index in [1.165, 1.54) is 36.8 Å². The van der Waals surface area contributed by atoms with E-state index < -0.39 is 0 Å². The van der Waals surface area contributed by atoms with Gasteiger partial charge in [-0.2, -0.15) is 0 Å². The fourth-order valence-corrected chi connectivity index (χ4v) is 3.62. The molecule has 0 bridgehead atoms. The van der Waals surface area contributed by atoms with Crippen LogP contribution in [0.25, 0.3) is 12.2 Å². The topological polar surface area (TPSA) is 21.3 Å². The van der Waals surface area contributed by atoms with Crippen molar-refractivity contribution >= 4 is 39.5 Å². The van der Waals surface area contributed by atoms with E-state index in [4.69, 9.17) is 4.74 Å². The number of anilines is 2. The minimum Gasteiger partial charge on any atom is -0.493 e. The molecule has 0 fully saturated rings. The Hall–Kier alpha value is -2.52. The molecule has 0 aliphatic rings. The molecule has 0 heterocycles. The van der Waals surface area contributed by atoms with Crippen LogP contribution in [-0.2, 0) is 0 Å². The van der Waals surface area contributed by atoms with Gasteiger partial charge in [-0.25, -0.2) is 0 Å². The minimum atomic E-state index is 0.647. The average Bonchev–Trinajstić information content (AvgIpc) is 2.81. The Morgan fingerprint density at radius 3 is 1.90 bits per heavy atom. The molecule has 0 aliphatic heterocycles. The first-order valence-corrected chi connectivity index (χ1v) is 12.0. The van der Waals surface area contributed by atoms with Crippen molar-refractivity contribution in [1.29, 1.82) is 0 Å². The minimum absolute atomic E-state index is 0.647. The van der Waals surface area contributed by atoms with Gasteiger partial charge in [-0.15, -0.1) is 0 Å². The summed E-state index contributed by atoms with van der Waals surface area (Å²) in [6.45, 7) is 5.30. The van der Waals surface area contributed by atoms with Gasteiger partial charge >= 0.3 is 0 Å². The molecule has 0 amide bonds. The van der Waals surface area contributed by atoms with E-state index in [1.54, 1.807) is 0 Å². The van der Waals surface area contributed by atoms with Crippen LogP contribution in [0, 0.1) is 5.92 Å². The zero-order valence-corrected chi connectivity index (χ0v) is 20.1. The number of nitrogens with one attached hydrogen (secondary N) is 1. The van der Waals surface area contributed by atoms with Gasteiger partial charge in [0, 0.05) is 15.8 Å². The van der Waals surface area contributed by atoms with Crippen LogP contribution in [0.5, 0.6) is 5.75 Å². The molecule has 0 aliphatic carbocycles. The predicted molar refractivity (Wildman–Crippen MR) is 138 cm³/mol. The molecule has 2 nitrogen and oxygen atoms in total. The fraction of sp³-hybridized carbons (Fsp3) is 0.286. The average molecular weight is 478 g/mol. The molecule has 3 aromatic carbocycles. The molecule has 0 aromatic heterocycles. The largest absolute Gasteiger partial charge is 0.493 e. The first-order valence-electron chi connectivity index (χ1n) is 11.2. The van der Waals surface area contributed by atoms with Gasteiger partial charge in [-0.3, -0.25) is 0 Å². The maximum atomic E-state index is 6.01. The first kappa shape index (κ1) is 23.1. The second-order valence-electron chi connectivity index (χ2n) is 7.88. The Kier molecular flexibility index (Phi) is 9.23. The van der Waals surface area contributed by atoms with Crippen molar-refractivity contribution in [3.63, 3.8) is 0 Å². The third-order valence-electron chi connectivity index (χ3n) is 5.42. The molecule has 3 aromatic rings. The number of hydrogen-bond donors (Lipinski definition) is 1. The molecule has 31 heavy (non-hydrogen) atoms. The van der Waals surface area contributed by atoms with Gasteiger partial charge in [0.15, 0.2) is 0 Å². The first-order chi connectivity index (χ1) is 15.2. The van der Waals surface area contributed by atoms with Gasteiger partial charge < -0.3 is 10.1 Å². The number of unbranched alkanes of at least 4 members (excludes halogenated alkanes) is 1. The molecule has 0 saturated carbocycles. The summed E-state index contributed by atoms with van der Waals surface area (Å²) in [6, 6.07) is 25.0. The molecule has 0 spiro atoms. The number of halogens is 1. The number of rotatable bonds is 11. The highest BCUT2D eigenvalue weighted by Crippen LogP contribution is 2.22. The molecule has 1 unspecified atom stereocenters. The molecule has 1 N–H and O–H groups in total. The van der Waals surface area contributed by atoms with E-state index in [-0.39, 0.29) is 0 Å². The summed E-state index contributed by atoms with van der Waals surface area (Å²) in [5, 5.41) is 3.46. The van der Waals surface area contributed by atoms with Crippen LogP contribution < -0.4 is 10.1 Å². The third kappa shape index (κ3) is 7.91. The lowest BCUT2D eigenvalue weighted by atomic mass is 10.0. The molecule has 162 valence electrons. The van der Waals surface area contributed by atoms with Crippen LogP contribution in [0.3, 0.4) is 0 Å². The van der Waals surface area contributed by atoms with Crippen LogP contribution in [0.4, 0.5) is 11.4 Å². The second kappa shape index (κ2) is 12.4. The smallest absolute Gasteiger partial charge is 0.119 e. The normalized spacial score (nSPS) is 12.1. The Bertz CT molecular complexity index is 930. The van der Waals surface area contributed by atoms with Crippen molar-refractivity contribution in [1.82, 2.24) is 0 Å². The second-order valence-corrected chi connectivity index (χ2v) is 8.80. The van der Waals surface area contributed by atoms with Gasteiger partial charge in [-0.1, -0.05) is 85.5 Å². The van der Waals surface area contributed by atoms with Gasteiger partial charge in [0.25, 0.3) is 0 Å². The lowest BCUT2D eigenvalue weighted by molar-refractivity contribution is 0.233. The van der Waals surface area contributed by atoms with Crippen LogP contribution in [0.2, 0.25) is 0 Å². The zero-order valence-electron chi connectivity index (χ0n) is 18.5.